The normalized spacial score (nSPS) is 16.9. The highest BCUT2D eigenvalue weighted by molar-refractivity contribution is 7.13. The maximum Gasteiger partial charge on any atom is 0.265 e. The number of amides is 1. The van der Waals surface area contributed by atoms with Crippen LogP contribution in [0.3, 0.4) is 0 Å². The zero-order valence-corrected chi connectivity index (χ0v) is 16.6. The fourth-order valence-electron chi connectivity index (χ4n) is 3.49. The van der Waals surface area contributed by atoms with Gasteiger partial charge in [0, 0.05) is 31.9 Å². The maximum absolute atomic E-state index is 13.0. The molecule has 140 valence electrons. The Balaban J connectivity index is 1.65. The largest absolute Gasteiger partial charge is 0.389 e. The molecule has 1 saturated heterocycles. The summed E-state index contributed by atoms with van der Waals surface area (Å²) in [6, 6.07) is 3.88. The van der Waals surface area contributed by atoms with Crippen molar-refractivity contribution in [2.45, 2.75) is 52.1 Å². The van der Waals surface area contributed by atoms with Crippen LogP contribution in [0.1, 0.15) is 52.6 Å². The molecule has 26 heavy (non-hydrogen) atoms. The first-order valence-corrected chi connectivity index (χ1v) is 10.0. The Kier molecular flexibility index (Phi) is 5.73. The Morgan fingerprint density at radius 3 is 2.58 bits per heavy atom. The SMILES string of the molecule is Cc1nc(CC(C)C)c(C(=O)N2CCC(O)(Cc3ccncc3)CC2)s1. The molecule has 0 unspecified atom stereocenters. The molecular formula is C20H27N3O2S. The van der Waals surface area contributed by atoms with Gasteiger partial charge in [0.15, 0.2) is 0 Å². The Hall–Kier alpha value is -1.79. The Bertz CT molecular complexity index is 750. The number of aromatic nitrogens is 2. The van der Waals surface area contributed by atoms with Crippen molar-refractivity contribution in [2.24, 2.45) is 5.92 Å². The van der Waals surface area contributed by atoms with E-state index < -0.39 is 5.60 Å². The summed E-state index contributed by atoms with van der Waals surface area (Å²) >= 11 is 1.49. The molecule has 3 rings (SSSR count). The van der Waals surface area contributed by atoms with Crippen molar-refractivity contribution in [1.82, 2.24) is 14.9 Å². The van der Waals surface area contributed by atoms with E-state index >= 15 is 0 Å². The third-order valence-electron chi connectivity index (χ3n) is 4.86. The van der Waals surface area contributed by atoms with Crippen LogP contribution in [0.25, 0.3) is 0 Å². The fourth-order valence-corrected chi connectivity index (χ4v) is 4.40. The molecule has 0 radical (unpaired) electrons. The Labute approximate surface area is 159 Å². The van der Waals surface area contributed by atoms with E-state index in [9.17, 15) is 9.90 Å². The summed E-state index contributed by atoms with van der Waals surface area (Å²) in [6.45, 7) is 7.40. The Morgan fingerprint density at radius 2 is 1.96 bits per heavy atom. The lowest BCUT2D eigenvalue weighted by molar-refractivity contribution is -0.0161. The summed E-state index contributed by atoms with van der Waals surface area (Å²) < 4.78 is 0. The van der Waals surface area contributed by atoms with Gasteiger partial charge in [-0.3, -0.25) is 9.78 Å². The fraction of sp³-hybridized carbons (Fsp3) is 0.550. The summed E-state index contributed by atoms with van der Waals surface area (Å²) in [5.74, 6) is 0.534. The van der Waals surface area contributed by atoms with Gasteiger partial charge in [0.1, 0.15) is 4.88 Å². The summed E-state index contributed by atoms with van der Waals surface area (Å²) in [6.07, 6.45) is 6.12. The molecule has 0 bridgehead atoms. The quantitative estimate of drug-likeness (QED) is 0.874. The molecule has 5 nitrogen and oxygen atoms in total. The summed E-state index contributed by atoms with van der Waals surface area (Å²) in [5, 5.41) is 11.8. The van der Waals surface area contributed by atoms with Gasteiger partial charge in [-0.05, 0) is 49.8 Å². The van der Waals surface area contributed by atoms with E-state index in [0.717, 1.165) is 27.6 Å². The van der Waals surface area contributed by atoms with E-state index in [-0.39, 0.29) is 5.91 Å². The van der Waals surface area contributed by atoms with E-state index in [1.165, 1.54) is 11.3 Å². The zero-order chi connectivity index (χ0) is 18.7. The monoisotopic (exact) mass is 373 g/mol. The number of piperidine rings is 1. The summed E-state index contributed by atoms with van der Waals surface area (Å²) in [4.78, 5) is 24.2. The van der Waals surface area contributed by atoms with Crippen LogP contribution in [0.5, 0.6) is 0 Å². The van der Waals surface area contributed by atoms with Crippen molar-refractivity contribution in [3.63, 3.8) is 0 Å². The minimum atomic E-state index is -0.748. The van der Waals surface area contributed by atoms with E-state index in [0.29, 0.717) is 38.3 Å². The second-order valence-corrected chi connectivity index (χ2v) is 8.86. The first-order valence-electron chi connectivity index (χ1n) is 9.23. The van der Waals surface area contributed by atoms with E-state index in [1.54, 1.807) is 12.4 Å². The van der Waals surface area contributed by atoms with Gasteiger partial charge in [-0.1, -0.05) is 13.8 Å². The van der Waals surface area contributed by atoms with Gasteiger partial charge in [0.25, 0.3) is 5.91 Å². The summed E-state index contributed by atoms with van der Waals surface area (Å²) in [5.41, 5.74) is 1.26. The number of nitrogens with zero attached hydrogens (tertiary/aromatic N) is 3. The molecule has 1 amide bonds. The minimum Gasteiger partial charge on any atom is -0.389 e. The van der Waals surface area contributed by atoms with Gasteiger partial charge < -0.3 is 10.0 Å². The van der Waals surface area contributed by atoms with Crippen molar-refractivity contribution in [3.05, 3.63) is 45.7 Å². The number of carbonyl (C=O) groups is 1. The molecule has 0 atom stereocenters. The van der Waals surface area contributed by atoms with Crippen LogP contribution in [0, 0.1) is 12.8 Å². The number of hydrogen-bond acceptors (Lipinski definition) is 5. The third-order valence-corrected chi connectivity index (χ3v) is 5.87. The van der Waals surface area contributed by atoms with Crippen LogP contribution in [0.4, 0.5) is 0 Å². The first-order chi connectivity index (χ1) is 12.4. The molecule has 0 aromatic carbocycles. The van der Waals surface area contributed by atoms with Crippen LogP contribution in [0.15, 0.2) is 24.5 Å². The van der Waals surface area contributed by atoms with Gasteiger partial charge >= 0.3 is 0 Å². The Morgan fingerprint density at radius 1 is 1.31 bits per heavy atom. The summed E-state index contributed by atoms with van der Waals surface area (Å²) in [7, 11) is 0. The molecule has 2 aromatic heterocycles. The molecule has 0 aliphatic carbocycles. The minimum absolute atomic E-state index is 0.0669. The number of carbonyl (C=O) groups excluding carboxylic acids is 1. The number of hydrogen-bond donors (Lipinski definition) is 1. The van der Waals surface area contributed by atoms with Crippen LogP contribution in [-0.2, 0) is 12.8 Å². The van der Waals surface area contributed by atoms with Crippen LogP contribution in [-0.4, -0.2) is 44.6 Å². The highest BCUT2D eigenvalue weighted by Crippen LogP contribution is 2.29. The first kappa shape index (κ1) is 19.0. The average Bonchev–Trinajstić information content (AvgIpc) is 2.95. The highest BCUT2D eigenvalue weighted by Gasteiger charge is 2.35. The van der Waals surface area contributed by atoms with Crippen molar-refractivity contribution >= 4 is 17.2 Å². The van der Waals surface area contributed by atoms with Crippen LogP contribution < -0.4 is 0 Å². The smallest absolute Gasteiger partial charge is 0.265 e. The van der Waals surface area contributed by atoms with Gasteiger partial charge in [-0.2, -0.15) is 0 Å². The number of rotatable bonds is 5. The standard InChI is InChI=1S/C20H27N3O2S/c1-14(2)12-17-18(26-15(3)22-17)19(24)23-10-6-20(25,7-11-23)13-16-4-8-21-9-5-16/h4-5,8-9,14,25H,6-7,10-13H2,1-3H3. The molecule has 1 aliphatic rings. The molecule has 3 heterocycles. The molecule has 0 spiro atoms. The lowest BCUT2D eigenvalue weighted by Gasteiger charge is -2.38. The number of aliphatic hydroxyl groups is 1. The highest BCUT2D eigenvalue weighted by atomic mass is 32.1. The molecular weight excluding hydrogens is 346 g/mol. The molecule has 1 N–H and O–H groups in total. The molecule has 6 heteroatoms. The second kappa shape index (κ2) is 7.84. The average molecular weight is 374 g/mol. The topological polar surface area (TPSA) is 66.3 Å². The van der Waals surface area contributed by atoms with Crippen LogP contribution >= 0.6 is 11.3 Å². The van der Waals surface area contributed by atoms with Gasteiger partial charge in [0.05, 0.1) is 16.3 Å². The zero-order valence-electron chi connectivity index (χ0n) is 15.7. The van der Waals surface area contributed by atoms with Gasteiger partial charge in [-0.25, -0.2) is 4.98 Å². The lowest BCUT2D eigenvalue weighted by atomic mass is 9.85. The van der Waals surface area contributed by atoms with Crippen molar-refractivity contribution < 1.29 is 9.90 Å². The number of likely N-dealkylation sites (tertiary alicyclic amines) is 1. The maximum atomic E-state index is 13.0. The van der Waals surface area contributed by atoms with Crippen LogP contribution in [0.2, 0.25) is 0 Å². The third kappa shape index (κ3) is 4.48. The van der Waals surface area contributed by atoms with E-state index in [4.69, 9.17) is 0 Å². The number of aryl methyl sites for hydroxylation is 1. The second-order valence-electron chi connectivity index (χ2n) is 7.66. The van der Waals surface area contributed by atoms with E-state index in [2.05, 4.69) is 23.8 Å². The van der Waals surface area contributed by atoms with E-state index in [1.807, 2.05) is 24.0 Å². The van der Waals surface area contributed by atoms with Crippen molar-refractivity contribution in [1.29, 1.82) is 0 Å². The van der Waals surface area contributed by atoms with Crippen molar-refractivity contribution in [2.75, 3.05) is 13.1 Å². The molecule has 0 saturated carbocycles. The number of pyridine rings is 1. The predicted octanol–water partition coefficient (Wildman–Crippen LogP) is 3.25. The lowest BCUT2D eigenvalue weighted by Crippen LogP contribution is -2.47. The van der Waals surface area contributed by atoms with Gasteiger partial charge in [-0.15, -0.1) is 11.3 Å². The molecule has 1 aliphatic heterocycles. The number of thiazole rings is 1. The molecule has 1 fully saturated rings. The predicted molar refractivity (Wildman–Crippen MR) is 103 cm³/mol. The van der Waals surface area contributed by atoms with Gasteiger partial charge in [0.2, 0.25) is 0 Å². The molecule has 2 aromatic rings. The van der Waals surface area contributed by atoms with Crippen molar-refractivity contribution in [3.8, 4) is 0 Å².